The molecule has 0 saturated heterocycles. The first-order valence-corrected chi connectivity index (χ1v) is 16.4. The molecule has 43 heavy (non-hydrogen) atoms. The molecule has 5 aromatic carbocycles. The van der Waals surface area contributed by atoms with E-state index in [1.807, 2.05) is 0 Å². The third-order valence-electron chi connectivity index (χ3n) is 10.3. The highest BCUT2D eigenvalue weighted by Crippen LogP contribution is 2.54. The van der Waals surface area contributed by atoms with Crippen LogP contribution in [-0.4, -0.2) is 0 Å². The zero-order valence-electron chi connectivity index (χ0n) is 27.2. The van der Waals surface area contributed by atoms with E-state index >= 15 is 0 Å². The molecule has 1 heteroatoms. The maximum absolute atomic E-state index is 4.02. The fourth-order valence-electron chi connectivity index (χ4n) is 7.51. The van der Waals surface area contributed by atoms with E-state index in [0.29, 0.717) is 0 Å². The molecule has 6 rings (SSSR count). The summed E-state index contributed by atoms with van der Waals surface area (Å²) in [7, 11) is 0. The minimum absolute atomic E-state index is 0.105. The van der Waals surface area contributed by atoms with Gasteiger partial charge in [-0.2, -0.15) is 0 Å². The predicted octanol–water partition coefficient (Wildman–Crippen LogP) is 11.9. The van der Waals surface area contributed by atoms with E-state index in [1.54, 1.807) is 0 Å². The normalized spacial score (nSPS) is 13.7. The summed E-state index contributed by atoms with van der Waals surface area (Å²) in [6, 6.07) is 34.9. The van der Waals surface area contributed by atoms with Crippen molar-refractivity contribution in [2.24, 2.45) is 0 Å². The lowest BCUT2D eigenvalue weighted by atomic mass is 9.77. The lowest BCUT2D eigenvalue weighted by molar-refractivity contribution is 0.453. The van der Waals surface area contributed by atoms with Crippen LogP contribution < -0.4 is 5.32 Å². The lowest BCUT2D eigenvalue weighted by Gasteiger charge is -2.36. The highest BCUT2D eigenvalue weighted by atomic mass is 15.0. The van der Waals surface area contributed by atoms with Crippen molar-refractivity contribution in [2.75, 3.05) is 5.32 Å². The van der Waals surface area contributed by atoms with Crippen molar-refractivity contribution in [1.29, 1.82) is 0 Å². The smallest absolute Gasteiger partial charge is 0.0620 e. The van der Waals surface area contributed by atoms with Gasteiger partial charge in [-0.15, -0.1) is 0 Å². The van der Waals surface area contributed by atoms with Gasteiger partial charge in [0.1, 0.15) is 0 Å². The molecule has 0 aromatic heterocycles. The van der Waals surface area contributed by atoms with Crippen molar-refractivity contribution >= 4 is 16.5 Å². The Bertz CT molecular complexity index is 1800. The number of fused-ring (bicyclic) bond motifs is 5. The highest BCUT2D eigenvalue weighted by molar-refractivity contribution is 6.09. The summed E-state index contributed by atoms with van der Waals surface area (Å²) in [6.45, 7) is 16.2. The summed E-state index contributed by atoms with van der Waals surface area (Å²) in [5.41, 5.74) is 14.8. The number of nitrogens with one attached hydrogen (secondary N) is 1. The Balaban J connectivity index is 1.50. The molecule has 220 valence electrons. The number of hydrogen-bond acceptors (Lipinski definition) is 1. The Morgan fingerprint density at radius 2 is 1.47 bits per heavy atom. The fourth-order valence-corrected chi connectivity index (χ4v) is 7.51. The van der Waals surface area contributed by atoms with Crippen molar-refractivity contribution in [2.45, 2.75) is 91.5 Å². The summed E-state index contributed by atoms with van der Waals surface area (Å²) in [5, 5.41) is 6.73. The third kappa shape index (κ3) is 4.97. The molecule has 5 aromatic rings. The highest BCUT2D eigenvalue weighted by Gasteiger charge is 2.39. The van der Waals surface area contributed by atoms with E-state index in [2.05, 4.69) is 145 Å². The minimum Gasteiger partial charge on any atom is -0.375 e. The molecule has 1 aliphatic carbocycles. The molecule has 0 amide bonds. The van der Waals surface area contributed by atoms with Gasteiger partial charge in [-0.25, -0.2) is 0 Å². The topological polar surface area (TPSA) is 12.0 Å². The van der Waals surface area contributed by atoms with Crippen LogP contribution in [0.4, 0.5) is 5.69 Å². The Labute approximate surface area is 259 Å². The van der Waals surface area contributed by atoms with Gasteiger partial charge >= 0.3 is 0 Å². The molecule has 0 radical (unpaired) electrons. The summed E-state index contributed by atoms with van der Waals surface area (Å²) >= 11 is 0. The molecule has 1 N–H and O–H groups in total. The third-order valence-corrected chi connectivity index (χ3v) is 10.3. The molecular formula is C42H47N. The first kappa shape index (κ1) is 29.2. The van der Waals surface area contributed by atoms with Crippen LogP contribution in [0, 0.1) is 13.8 Å². The monoisotopic (exact) mass is 565 g/mol. The van der Waals surface area contributed by atoms with Gasteiger partial charge in [-0.05, 0) is 113 Å². The second kappa shape index (κ2) is 11.3. The quantitative estimate of drug-likeness (QED) is 0.187. The molecule has 1 aliphatic rings. The van der Waals surface area contributed by atoms with Crippen molar-refractivity contribution in [3.05, 3.63) is 124 Å². The van der Waals surface area contributed by atoms with E-state index in [0.717, 1.165) is 19.3 Å². The zero-order valence-corrected chi connectivity index (χ0v) is 27.2. The summed E-state index contributed by atoms with van der Waals surface area (Å²) in [4.78, 5) is 0. The Morgan fingerprint density at radius 3 is 2.19 bits per heavy atom. The second-order valence-corrected chi connectivity index (χ2v) is 13.3. The SMILES string of the molecule is CCCCc1cccc(-c2cc3c(c4ccccc24)-c2ccc(C(CC)(CC)Nc4ccc(C)cc4C)cc2C3(C)C)c1. The van der Waals surface area contributed by atoms with Gasteiger partial charge in [0.2, 0.25) is 0 Å². The van der Waals surface area contributed by atoms with Crippen LogP contribution >= 0.6 is 0 Å². The molecule has 0 atom stereocenters. The van der Waals surface area contributed by atoms with E-state index in [1.165, 1.54) is 84.9 Å². The van der Waals surface area contributed by atoms with Crippen molar-refractivity contribution in [3.63, 3.8) is 0 Å². The van der Waals surface area contributed by atoms with E-state index < -0.39 is 0 Å². The number of anilines is 1. The first-order chi connectivity index (χ1) is 20.7. The van der Waals surface area contributed by atoms with Gasteiger partial charge in [0, 0.05) is 11.1 Å². The molecule has 1 nitrogen and oxygen atoms in total. The van der Waals surface area contributed by atoms with Crippen LogP contribution in [0.1, 0.15) is 93.7 Å². The molecule has 0 saturated carbocycles. The van der Waals surface area contributed by atoms with Crippen LogP contribution in [-0.2, 0) is 17.4 Å². The van der Waals surface area contributed by atoms with Crippen LogP contribution in [0.3, 0.4) is 0 Å². The summed E-state index contributed by atoms with van der Waals surface area (Å²) in [6.07, 6.45) is 5.63. The van der Waals surface area contributed by atoms with Crippen LogP contribution in [0.25, 0.3) is 33.0 Å². The number of rotatable bonds is 9. The molecule has 0 heterocycles. The summed E-state index contributed by atoms with van der Waals surface area (Å²) < 4.78 is 0. The van der Waals surface area contributed by atoms with Crippen molar-refractivity contribution < 1.29 is 0 Å². The molecule has 0 bridgehead atoms. The van der Waals surface area contributed by atoms with Gasteiger partial charge in [-0.1, -0.05) is 125 Å². The molecule has 0 fully saturated rings. The van der Waals surface area contributed by atoms with Gasteiger partial charge in [0.25, 0.3) is 0 Å². The predicted molar refractivity (Wildman–Crippen MR) is 187 cm³/mol. The van der Waals surface area contributed by atoms with Crippen molar-refractivity contribution in [3.8, 4) is 22.3 Å². The fraction of sp³-hybridized carbons (Fsp3) is 0.333. The average Bonchev–Trinajstić information content (AvgIpc) is 3.25. The van der Waals surface area contributed by atoms with Gasteiger partial charge in [0.15, 0.2) is 0 Å². The van der Waals surface area contributed by atoms with Crippen molar-refractivity contribution in [1.82, 2.24) is 0 Å². The Morgan fingerprint density at radius 1 is 0.698 bits per heavy atom. The second-order valence-electron chi connectivity index (χ2n) is 13.3. The maximum atomic E-state index is 4.02. The zero-order chi connectivity index (χ0) is 30.4. The number of unbranched alkanes of at least 4 members (excludes halogenated alkanes) is 1. The number of hydrogen-bond donors (Lipinski definition) is 1. The van der Waals surface area contributed by atoms with Gasteiger partial charge in [-0.3, -0.25) is 0 Å². The van der Waals surface area contributed by atoms with Crippen LogP contribution in [0.5, 0.6) is 0 Å². The maximum Gasteiger partial charge on any atom is 0.0620 e. The van der Waals surface area contributed by atoms with E-state index in [-0.39, 0.29) is 11.0 Å². The standard InChI is InChI=1S/C42H47N/c1-8-11-15-30-16-14-17-31(25-30)36-27-38-40(34-19-13-12-18-33(34)36)35-22-21-32(26-37(35)41(38,6)7)42(9-2,10-3)43-39-23-20-28(4)24-29(39)5/h12-14,16-27,43H,8-11,15H2,1-7H3. The molecule has 0 aliphatic heterocycles. The Hall–Kier alpha value is -3.84. The van der Waals surface area contributed by atoms with Gasteiger partial charge in [0.05, 0.1) is 5.54 Å². The molecule has 0 spiro atoms. The lowest BCUT2D eigenvalue weighted by Crippen LogP contribution is -2.34. The van der Waals surface area contributed by atoms with Crippen LogP contribution in [0.15, 0.2) is 91.0 Å². The van der Waals surface area contributed by atoms with E-state index in [9.17, 15) is 0 Å². The number of benzene rings is 5. The largest absolute Gasteiger partial charge is 0.375 e. The summed E-state index contributed by atoms with van der Waals surface area (Å²) in [5.74, 6) is 0. The minimum atomic E-state index is -0.133. The molecular weight excluding hydrogens is 518 g/mol. The molecule has 0 unspecified atom stereocenters. The Kier molecular flexibility index (Phi) is 7.71. The first-order valence-electron chi connectivity index (χ1n) is 16.4. The number of aryl methyl sites for hydroxylation is 3. The van der Waals surface area contributed by atoms with E-state index in [4.69, 9.17) is 0 Å². The van der Waals surface area contributed by atoms with Crippen LogP contribution in [0.2, 0.25) is 0 Å². The average molecular weight is 566 g/mol. The van der Waals surface area contributed by atoms with Gasteiger partial charge < -0.3 is 5.32 Å².